The number of aromatic nitrogens is 1. The van der Waals surface area contributed by atoms with Crippen LogP contribution >= 0.6 is 0 Å². The van der Waals surface area contributed by atoms with Crippen molar-refractivity contribution in [3.8, 4) is 6.08 Å². The molecule has 0 radical (unpaired) electrons. The molecular weight excluding hydrogens is 205 g/mol. The van der Waals surface area contributed by atoms with E-state index in [0.29, 0.717) is 5.58 Å². The highest BCUT2D eigenvalue weighted by Crippen LogP contribution is 2.20. The van der Waals surface area contributed by atoms with E-state index in [0.717, 1.165) is 0 Å². The van der Waals surface area contributed by atoms with Crippen molar-refractivity contribution in [2.24, 2.45) is 0 Å². The van der Waals surface area contributed by atoms with Crippen molar-refractivity contribution < 1.29 is 23.4 Å². The molecule has 0 saturated heterocycles. The zero-order valence-electron chi connectivity index (χ0n) is 7.44. The van der Waals surface area contributed by atoms with Crippen LogP contribution in [0.25, 0.3) is 11.1 Å². The lowest BCUT2D eigenvalue weighted by Gasteiger charge is -1.93. The van der Waals surface area contributed by atoms with Crippen molar-refractivity contribution in [3.63, 3.8) is 0 Å². The third-order valence-corrected chi connectivity index (χ3v) is 1.65. The van der Waals surface area contributed by atoms with Crippen LogP contribution in [0.3, 0.4) is 0 Å². The molecule has 1 N–H and O–H groups in total. The average Bonchev–Trinajstić information content (AvgIpc) is 2.56. The standard InChI is InChI=1S/C9H6FNO4/c10-5-1-2-7-6(3-5)11-9(15-7)14-4-8(12)13/h1-3H,4H2,(H,12,13). The SMILES string of the molecule is O=C(O)COc1nc2cc(F)ccc2o1. The van der Waals surface area contributed by atoms with Crippen molar-refractivity contribution in [3.05, 3.63) is 24.0 Å². The number of fused-ring (bicyclic) bond motifs is 1. The molecule has 78 valence electrons. The number of carboxylic acids is 1. The van der Waals surface area contributed by atoms with Crippen LogP contribution in [-0.4, -0.2) is 22.7 Å². The minimum absolute atomic E-state index is 0.182. The lowest BCUT2D eigenvalue weighted by atomic mass is 10.3. The molecular formula is C9H6FNO4. The lowest BCUT2D eigenvalue weighted by Crippen LogP contribution is -2.09. The van der Waals surface area contributed by atoms with Crippen LogP contribution in [0.2, 0.25) is 0 Å². The number of carboxylic acid groups (broad SMARTS) is 1. The van der Waals surface area contributed by atoms with Gasteiger partial charge in [-0.2, -0.15) is 4.98 Å². The fourth-order valence-corrected chi connectivity index (χ4v) is 1.06. The summed E-state index contributed by atoms with van der Waals surface area (Å²) < 4.78 is 22.4. The summed E-state index contributed by atoms with van der Waals surface area (Å²) in [5.41, 5.74) is 0.632. The number of benzene rings is 1. The molecule has 0 spiro atoms. The maximum absolute atomic E-state index is 12.7. The first-order chi connectivity index (χ1) is 7.15. The smallest absolute Gasteiger partial charge is 0.395 e. The van der Waals surface area contributed by atoms with E-state index in [1.54, 1.807) is 0 Å². The Morgan fingerprint density at radius 2 is 2.40 bits per heavy atom. The van der Waals surface area contributed by atoms with E-state index in [1.165, 1.54) is 18.2 Å². The minimum Gasteiger partial charge on any atom is -0.479 e. The Labute approximate surface area is 83.1 Å². The molecule has 0 unspecified atom stereocenters. The van der Waals surface area contributed by atoms with Gasteiger partial charge in [-0.05, 0) is 12.1 Å². The predicted octanol–water partition coefficient (Wildman–Crippen LogP) is 1.43. The largest absolute Gasteiger partial charge is 0.479 e. The molecule has 2 aromatic rings. The van der Waals surface area contributed by atoms with Crippen LogP contribution in [0.5, 0.6) is 6.08 Å². The predicted molar refractivity (Wildman–Crippen MR) is 47.1 cm³/mol. The number of rotatable bonds is 3. The summed E-state index contributed by atoms with van der Waals surface area (Å²) in [4.78, 5) is 13.9. The first-order valence-electron chi connectivity index (χ1n) is 4.06. The van der Waals surface area contributed by atoms with Crippen LogP contribution in [0.15, 0.2) is 22.6 Å². The van der Waals surface area contributed by atoms with E-state index in [1.807, 2.05) is 0 Å². The molecule has 2 rings (SSSR count). The van der Waals surface area contributed by atoms with Gasteiger partial charge in [0.15, 0.2) is 12.2 Å². The number of ether oxygens (including phenoxy) is 1. The molecule has 0 saturated carbocycles. The molecule has 0 atom stereocenters. The summed E-state index contributed by atoms with van der Waals surface area (Å²) in [6.07, 6.45) is -0.182. The van der Waals surface area contributed by atoms with Gasteiger partial charge in [-0.25, -0.2) is 9.18 Å². The first-order valence-corrected chi connectivity index (χ1v) is 4.06. The van der Waals surface area contributed by atoms with Gasteiger partial charge in [-0.3, -0.25) is 0 Å². The molecule has 0 aliphatic heterocycles. The molecule has 6 heteroatoms. The van der Waals surface area contributed by atoms with E-state index in [2.05, 4.69) is 4.98 Å². The van der Waals surface area contributed by atoms with Crippen LogP contribution in [-0.2, 0) is 4.79 Å². The molecule has 0 aliphatic rings. The van der Waals surface area contributed by atoms with Gasteiger partial charge in [0, 0.05) is 6.07 Å². The normalized spacial score (nSPS) is 10.5. The number of halogens is 1. The van der Waals surface area contributed by atoms with Crippen molar-refractivity contribution in [2.75, 3.05) is 6.61 Å². The number of oxazole rings is 1. The zero-order valence-corrected chi connectivity index (χ0v) is 7.44. The number of aliphatic carboxylic acids is 1. The Balaban J connectivity index is 2.27. The molecule has 0 amide bonds. The lowest BCUT2D eigenvalue weighted by molar-refractivity contribution is -0.139. The highest BCUT2D eigenvalue weighted by Gasteiger charge is 2.08. The van der Waals surface area contributed by atoms with Gasteiger partial charge in [0.2, 0.25) is 0 Å². The van der Waals surface area contributed by atoms with Crippen LogP contribution in [0.4, 0.5) is 4.39 Å². The molecule has 1 heterocycles. The van der Waals surface area contributed by atoms with Crippen LogP contribution < -0.4 is 4.74 Å². The monoisotopic (exact) mass is 211 g/mol. The van der Waals surface area contributed by atoms with Gasteiger partial charge in [0.1, 0.15) is 11.3 Å². The second kappa shape index (κ2) is 3.56. The van der Waals surface area contributed by atoms with E-state index in [4.69, 9.17) is 14.3 Å². The fourth-order valence-electron chi connectivity index (χ4n) is 1.06. The maximum atomic E-state index is 12.7. The second-order valence-corrected chi connectivity index (χ2v) is 2.77. The van der Waals surface area contributed by atoms with Crippen molar-refractivity contribution in [1.29, 1.82) is 0 Å². The molecule has 0 bridgehead atoms. The molecule has 0 aliphatic carbocycles. The summed E-state index contributed by atoms with van der Waals surface area (Å²) in [6.45, 7) is -0.546. The van der Waals surface area contributed by atoms with E-state index < -0.39 is 18.4 Å². The highest BCUT2D eigenvalue weighted by atomic mass is 19.1. The number of nitrogens with zero attached hydrogens (tertiary/aromatic N) is 1. The van der Waals surface area contributed by atoms with Crippen LogP contribution in [0, 0.1) is 5.82 Å². The molecule has 1 aromatic carbocycles. The quantitative estimate of drug-likeness (QED) is 0.831. The minimum atomic E-state index is -1.14. The number of hydrogen-bond acceptors (Lipinski definition) is 4. The Morgan fingerprint density at radius 3 is 3.13 bits per heavy atom. The van der Waals surface area contributed by atoms with E-state index in [-0.39, 0.29) is 11.6 Å². The Hall–Kier alpha value is -2.11. The second-order valence-electron chi connectivity index (χ2n) is 2.77. The third kappa shape index (κ3) is 2.04. The van der Waals surface area contributed by atoms with Gasteiger partial charge in [-0.1, -0.05) is 0 Å². The summed E-state index contributed by atoms with van der Waals surface area (Å²) in [7, 11) is 0. The third-order valence-electron chi connectivity index (χ3n) is 1.65. The average molecular weight is 211 g/mol. The fraction of sp³-hybridized carbons (Fsp3) is 0.111. The maximum Gasteiger partial charge on any atom is 0.395 e. The van der Waals surface area contributed by atoms with Crippen LogP contribution in [0.1, 0.15) is 0 Å². The Kier molecular flexibility index (Phi) is 2.24. The van der Waals surface area contributed by atoms with Gasteiger partial charge in [-0.15, -0.1) is 0 Å². The molecule has 15 heavy (non-hydrogen) atoms. The summed E-state index contributed by atoms with van der Waals surface area (Å²) in [5, 5.41) is 8.34. The summed E-state index contributed by atoms with van der Waals surface area (Å²) in [5.74, 6) is -1.58. The number of hydrogen-bond donors (Lipinski definition) is 1. The molecule has 0 fully saturated rings. The van der Waals surface area contributed by atoms with Gasteiger partial charge in [0.05, 0.1) is 0 Å². The van der Waals surface area contributed by atoms with Gasteiger partial charge >= 0.3 is 12.0 Å². The van der Waals surface area contributed by atoms with Gasteiger partial charge < -0.3 is 14.3 Å². The summed E-state index contributed by atoms with van der Waals surface area (Å²) in [6, 6.07) is 3.78. The van der Waals surface area contributed by atoms with Crippen molar-refractivity contribution in [2.45, 2.75) is 0 Å². The van der Waals surface area contributed by atoms with Crippen molar-refractivity contribution in [1.82, 2.24) is 4.98 Å². The van der Waals surface area contributed by atoms with Crippen molar-refractivity contribution >= 4 is 17.1 Å². The topological polar surface area (TPSA) is 72.6 Å². The first kappa shape index (κ1) is 9.45. The molecule has 1 aromatic heterocycles. The number of carbonyl (C=O) groups is 1. The zero-order chi connectivity index (χ0) is 10.8. The molecule has 5 nitrogen and oxygen atoms in total. The Bertz CT molecular complexity index is 508. The summed E-state index contributed by atoms with van der Waals surface area (Å²) >= 11 is 0. The highest BCUT2D eigenvalue weighted by molar-refractivity contribution is 5.73. The van der Waals surface area contributed by atoms with E-state index >= 15 is 0 Å². The van der Waals surface area contributed by atoms with E-state index in [9.17, 15) is 9.18 Å². The van der Waals surface area contributed by atoms with Gasteiger partial charge in [0.25, 0.3) is 0 Å². The Morgan fingerprint density at radius 1 is 1.60 bits per heavy atom.